The lowest BCUT2D eigenvalue weighted by Crippen LogP contribution is -2.41. The van der Waals surface area contributed by atoms with Crippen molar-refractivity contribution in [1.82, 2.24) is 5.32 Å². The third kappa shape index (κ3) is 5.37. The number of amides is 1. The Morgan fingerprint density at radius 2 is 1.81 bits per heavy atom. The molecule has 0 aliphatic rings. The minimum Gasteiger partial charge on any atom is -0.462 e. The lowest BCUT2D eigenvalue weighted by atomic mass is 9.96. The number of esters is 1. The Hall–Kier alpha value is -2.25. The summed E-state index contributed by atoms with van der Waals surface area (Å²) in [5.74, 6) is -0.630. The zero-order chi connectivity index (χ0) is 20.2. The van der Waals surface area contributed by atoms with E-state index in [1.807, 2.05) is 36.6 Å². The molecule has 144 valence electrons. The fourth-order valence-corrected chi connectivity index (χ4v) is 3.45. The van der Waals surface area contributed by atoms with E-state index in [0.717, 1.165) is 16.7 Å². The number of benzene rings is 1. The van der Waals surface area contributed by atoms with Crippen molar-refractivity contribution >= 4 is 45.5 Å². The molecule has 2 rings (SSSR count). The summed E-state index contributed by atoms with van der Waals surface area (Å²) in [5.41, 5.74) is 2.66. The molecule has 0 fully saturated rings. The number of thiophene rings is 1. The van der Waals surface area contributed by atoms with Crippen LogP contribution in [0.3, 0.4) is 0 Å². The van der Waals surface area contributed by atoms with Gasteiger partial charge >= 0.3 is 5.97 Å². The molecule has 0 saturated carbocycles. The Morgan fingerprint density at radius 3 is 2.37 bits per heavy atom. The molecule has 7 heteroatoms. The second kappa shape index (κ2) is 8.63. The Kier molecular flexibility index (Phi) is 6.73. The molecule has 0 atom stereocenters. The van der Waals surface area contributed by atoms with Crippen molar-refractivity contribution in [3.63, 3.8) is 0 Å². The van der Waals surface area contributed by atoms with Crippen molar-refractivity contribution in [2.24, 2.45) is 5.41 Å². The van der Waals surface area contributed by atoms with E-state index in [1.165, 1.54) is 11.3 Å². The highest BCUT2D eigenvalue weighted by atomic mass is 32.1. The van der Waals surface area contributed by atoms with Crippen molar-refractivity contribution in [2.75, 3.05) is 11.9 Å². The number of carbonyl (C=O) groups is 2. The molecule has 1 amide bonds. The minimum absolute atomic E-state index is 0.151. The molecule has 0 saturated heterocycles. The number of hydrogen-bond donors (Lipinski definition) is 2. The van der Waals surface area contributed by atoms with Crippen LogP contribution in [0.4, 0.5) is 5.00 Å². The van der Waals surface area contributed by atoms with E-state index in [4.69, 9.17) is 17.0 Å². The third-order valence-corrected chi connectivity index (χ3v) is 4.87. The first-order chi connectivity index (χ1) is 12.6. The molecule has 0 unspecified atom stereocenters. The summed E-state index contributed by atoms with van der Waals surface area (Å²) < 4.78 is 5.23. The number of aryl methyl sites for hydroxylation is 1. The van der Waals surface area contributed by atoms with E-state index in [2.05, 4.69) is 10.6 Å². The fourth-order valence-electron chi connectivity index (χ4n) is 2.23. The smallest absolute Gasteiger partial charge is 0.341 e. The number of anilines is 1. The van der Waals surface area contributed by atoms with Gasteiger partial charge in [0.2, 0.25) is 5.91 Å². The minimum atomic E-state index is -0.571. The van der Waals surface area contributed by atoms with Crippen molar-refractivity contribution in [3.05, 3.63) is 40.8 Å². The van der Waals surface area contributed by atoms with Crippen molar-refractivity contribution < 1.29 is 14.3 Å². The average Bonchev–Trinajstić information content (AvgIpc) is 2.98. The number of rotatable bonds is 4. The van der Waals surface area contributed by atoms with Crippen LogP contribution in [-0.2, 0) is 9.53 Å². The predicted octanol–water partition coefficient (Wildman–Crippen LogP) is 4.76. The van der Waals surface area contributed by atoms with Crippen LogP contribution in [0.15, 0.2) is 29.6 Å². The van der Waals surface area contributed by atoms with Gasteiger partial charge in [-0.1, -0.05) is 50.6 Å². The van der Waals surface area contributed by atoms with Crippen molar-refractivity contribution in [2.45, 2.75) is 34.6 Å². The molecule has 1 aromatic heterocycles. The maximum absolute atomic E-state index is 12.6. The van der Waals surface area contributed by atoms with Crippen LogP contribution < -0.4 is 10.6 Å². The second-order valence-electron chi connectivity index (χ2n) is 7.10. The van der Waals surface area contributed by atoms with Crippen LogP contribution >= 0.6 is 23.6 Å². The van der Waals surface area contributed by atoms with Gasteiger partial charge in [-0.2, -0.15) is 0 Å². The summed E-state index contributed by atoms with van der Waals surface area (Å²) in [6.07, 6.45) is 0. The van der Waals surface area contributed by atoms with E-state index in [0.29, 0.717) is 10.6 Å². The Morgan fingerprint density at radius 1 is 1.19 bits per heavy atom. The van der Waals surface area contributed by atoms with Gasteiger partial charge in [0.15, 0.2) is 5.11 Å². The molecule has 1 aromatic carbocycles. The number of hydrogen-bond acceptors (Lipinski definition) is 5. The molecule has 0 bridgehead atoms. The molecule has 5 nitrogen and oxygen atoms in total. The monoisotopic (exact) mass is 404 g/mol. The Balaban J connectivity index is 2.33. The number of ether oxygens (including phenoxy) is 1. The predicted molar refractivity (Wildman–Crippen MR) is 114 cm³/mol. The molecule has 0 aliphatic carbocycles. The van der Waals surface area contributed by atoms with Gasteiger partial charge in [0.25, 0.3) is 0 Å². The van der Waals surface area contributed by atoms with E-state index >= 15 is 0 Å². The zero-order valence-corrected chi connectivity index (χ0v) is 17.8. The van der Waals surface area contributed by atoms with Gasteiger partial charge < -0.3 is 15.4 Å². The van der Waals surface area contributed by atoms with Gasteiger partial charge in [-0.05, 0) is 31.6 Å². The highest BCUT2D eigenvalue weighted by molar-refractivity contribution is 7.80. The fraction of sp³-hybridized carbons (Fsp3) is 0.350. The molecule has 0 radical (unpaired) electrons. The summed E-state index contributed by atoms with van der Waals surface area (Å²) in [5, 5.41) is 8.21. The Bertz CT molecular complexity index is 849. The van der Waals surface area contributed by atoms with Crippen molar-refractivity contribution in [1.29, 1.82) is 0 Å². The molecule has 0 spiro atoms. The number of thiocarbonyl (C=S) groups is 1. The summed E-state index contributed by atoms with van der Waals surface area (Å²) in [6, 6.07) is 7.90. The van der Waals surface area contributed by atoms with Gasteiger partial charge in [0.1, 0.15) is 10.6 Å². The van der Waals surface area contributed by atoms with Gasteiger partial charge in [0.05, 0.1) is 6.61 Å². The van der Waals surface area contributed by atoms with Crippen LogP contribution in [0.2, 0.25) is 0 Å². The van der Waals surface area contributed by atoms with E-state index in [-0.39, 0.29) is 17.6 Å². The van der Waals surface area contributed by atoms with Crippen LogP contribution in [0.25, 0.3) is 11.1 Å². The number of nitrogens with one attached hydrogen (secondary N) is 2. The second-order valence-corrected chi connectivity index (χ2v) is 8.39. The third-order valence-electron chi connectivity index (χ3n) is 3.77. The van der Waals surface area contributed by atoms with Crippen LogP contribution in [-0.4, -0.2) is 23.6 Å². The summed E-state index contributed by atoms with van der Waals surface area (Å²) in [6.45, 7) is 9.44. The molecular weight excluding hydrogens is 380 g/mol. The van der Waals surface area contributed by atoms with Crippen LogP contribution in [0, 0.1) is 12.3 Å². The zero-order valence-electron chi connectivity index (χ0n) is 16.1. The lowest BCUT2D eigenvalue weighted by Gasteiger charge is -2.18. The lowest BCUT2D eigenvalue weighted by molar-refractivity contribution is -0.126. The average molecular weight is 405 g/mol. The first kappa shape index (κ1) is 21.1. The van der Waals surface area contributed by atoms with Gasteiger partial charge in [0, 0.05) is 16.4 Å². The van der Waals surface area contributed by atoms with Gasteiger partial charge in [-0.25, -0.2) is 4.79 Å². The normalized spacial score (nSPS) is 11.0. The van der Waals surface area contributed by atoms with Gasteiger partial charge in [-0.3, -0.25) is 4.79 Å². The van der Waals surface area contributed by atoms with E-state index < -0.39 is 11.4 Å². The molecule has 2 N–H and O–H groups in total. The largest absolute Gasteiger partial charge is 0.462 e. The van der Waals surface area contributed by atoms with Crippen molar-refractivity contribution in [3.8, 4) is 11.1 Å². The molecule has 27 heavy (non-hydrogen) atoms. The number of carbonyl (C=O) groups excluding carboxylic acids is 2. The maximum atomic E-state index is 12.6. The molecular formula is C20H24N2O3S2. The first-order valence-electron chi connectivity index (χ1n) is 8.61. The quantitative estimate of drug-likeness (QED) is 0.568. The SMILES string of the molecule is CCOC(=O)c1c(-c2ccc(C)cc2)csc1NC(=S)NC(=O)C(C)(C)C. The molecule has 2 aromatic rings. The van der Waals surface area contributed by atoms with E-state index in [1.54, 1.807) is 27.7 Å². The van der Waals surface area contributed by atoms with Gasteiger partial charge in [-0.15, -0.1) is 11.3 Å². The van der Waals surface area contributed by atoms with Crippen LogP contribution in [0.5, 0.6) is 0 Å². The molecule has 1 heterocycles. The highest BCUT2D eigenvalue weighted by Crippen LogP contribution is 2.36. The Labute approximate surface area is 169 Å². The summed E-state index contributed by atoms with van der Waals surface area (Å²) in [7, 11) is 0. The maximum Gasteiger partial charge on any atom is 0.341 e. The molecule has 0 aliphatic heterocycles. The summed E-state index contributed by atoms with van der Waals surface area (Å²) >= 11 is 6.59. The topological polar surface area (TPSA) is 67.4 Å². The van der Waals surface area contributed by atoms with Crippen LogP contribution in [0.1, 0.15) is 43.6 Å². The highest BCUT2D eigenvalue weighted by Gasteiger charge is 2.25. The van der Waals surface area contributed by atoms with E-state index in [9.17, 15) is 9.59 Å². The first-order valence-corrected chi connectivity index (χ1v) is 9.90. The summed E-state index contributed by atoms with van der Waals surface area (Å²) in [4.78, 5) is 24.7. The standard InChI is InChI=1S/C20H24N2O3S2/c1-6-25-17(23)15-14(13-9-7-12(2)8-10-13)11-27-16(15)21-19(26)22-18(24)20(3,4)5/h7-11H,6H2,1-5H3,(H2,21,22,24,26).